The lowest BCUT2D eigenvalue weighted by molar-refractivity contribution is 0.0198. The summed E-state index contributed by atoms with van der Waals surface area (Å²) in [6, 6.07) is 8.77. The van der Waals surface area contributed by atoms with Crippen molar-refractivity contribution in [1.82, 2.24) is 24.4 Å². The van der Waals surface area contributed by atoms with E-state index < -0.39 is 5.82 Å². The summed E-state index contributed by atoms with van der Waals surface area (Å²) in [4.78, 5) is 15.6. The molecule has 5 rings (SSSR count). The summed E-state index contributed by atoms with van der Waals surface area (Å²) in [5.41, 5.74) is 3.01. The lowest BCUT2D eigenvalue weighted by Gasteiger charge is -2.32. The van der Waals surface area contributed by atoms with Gasteiger partial charge in [-0.3, -0.25) is 4.90 Å². The first-order valence-corrected chi connectivity index (χ1v) is 11.9. The molecule has 2 aliphatic rings. The lowest BCUT2D eigenvalue weighted by atomic mass is 10.1. The van der Waals surface area contributed by atoms with E-state index in [4.69, 9.17) is 9.47 Å². The van der Waals surface area contributed by atoms with Crippen LogP contribution < -0.4 is 5.32 Å². The highest BCUT2D eigenvalue weighted by atomic mass is 19.1. The molecular weight excluding hydrogens is 435 g/mol. The van der Waals surface area contributed by atoms with Gasteiger partial charge in [0, 0.05) is 44.1 Å². The van der Waals surface area contributed by atoms with Crippen molar-refractivity contribution < 1.29 is 13.9 Å². The van der Waals surface area contributed by atoms with Crippen molar-refractivity contribution >= 4 is 11.6 Å². The third-order valence-corrected chi connectivity index (χ3v) is 6.77. The minimum Gasteiger partial charge on any atom is -0.381 e. The molecule has 34 heavy (non-hydrogen) atoms. The van der Waals surface area contributed by atoms with E-state index >= 15 is 0 Å². The number of imidazole rings is 1. The first-order valence-electron chi connectivity index (χ1n) is 11.9. The number of rotatable bonds is 6. The van der Waals surface area contributed by atoms with Gasteiger partial charge in [0.1, 0.15) is 11.5 Å². The highest BCUT2D eigenvalue weighted by molar-refractivity contribution is 5.60. The van der Waals surface area contributed by atoms with E-state index in [2.05, 4.69) is 48.8 Å². The van der Waals surface area contributed by atoms with Gasteiger partial charge in [0.05, 0.1) is 31.3 Å². The number of halogens is 1. The molecule has 2 aromatic heterocycles. The SMILES string of the molecule is Cc1ncc(-c2nc(Nc3ccc(C(C)N4CCOCC4)cc3)ncc2F)n1C1CCOCC1. The standard InChI is InChI=1S/C25H31FN6O2/c1-17(31-9-13-34-14-10-31)19-3-5-20(6-4-19)29-25-28-15-22(26)24(30-25)23-16-27-18(2)32(23)21-7-11-33-12-8-21/h3-6,15-17,21H,7-14H2,1-2H3,(H,28,29,30). The predicted octanol–water partition coefficient (Wildman–Crippen LogP) is 4.28. The van der Waals surface area contributed by atoms with Gasteiger partial charge in [-0.25, -0.2) is 19.3 Å². The highest BCUT2D eigenvalue weighted by Gasteiger charge is 2.24. The number of nitrogens with one attached hydrogen (secondary N) is 1. The zero-order chi connectivity index (χ0) is 23.5. The smallest absolute Gasteiger partial charge is 0.227 e. The van der Waals surface area contributed by atoms with Crippen LogP contribution in [0.1, 0.15) is 43.2 Å². The summed E-state index contributed by atoms with van der Waals surface area (Å²) in [6.07, 6.45) is 4.66. The fraction of sp³-hybridized carbons (Fsp3) is 0.480. The van der Waals surface area contributed by atoms with Crippen molar-refractivity contribution in [3.8, 4) is 11.4 Å². The molecular formula is C25H31FN6O2. The van der Waals surface area contributed by atoms with Crippen LogP contribution in [0.25, 0.3) is 11.4 Å². The number of aromatic nitrogens is 4. The Hall–Kier alpha value is -2.88. The van der Waals surface area contributed by atoms with Crippen LogP contribution in [-0.4, -0.2) is 63.9 Å². The number of ether oxygens (including phenoxy) is 2. The molecule has 3 aromatic rings. The van der Waals surface area contributed by atoms with Crippen molar-refractivity contribution in [3.63, 3.8) is 0 Å². The van der Waals surface area contributed by atoms with E-state index in [0.717, 1.165) is 50.7 Å². The van der Waals surface area contributed by atoms with E-state index in [1.165, 1.54) is 11.8 Å². The molecule has 2 saturated heterocycles. The van der Waals surface area contributed by atoms with Crippen molar-refractivity contribution in [2.45, 2.75) is 38.8 Å². The van der Waals surface area contributed by atoms with E-state index in [1.807, 2.05) is 19.1 Å². The van der Waals surface area contributed by atoms with E-state index in [9.17, 15) is 4.39 Å². The first kappa shape index (κ1) is 22.9. The molecule has 0 aliphatic carbocycles. The number of hydrogen-bond donors (Lipinski definition) is 1. The summed E-state index contributed by atoms with van der Waals surface area (Å²) in [5.74, 6) is 0.732. The highest BCUT2D eigenvalue weighted by Crippen LogP contribution is 2.31. The molecule has 9 heteroatoms. The molecule has 0 amide bonds. The number of nitrogens with zero attached hydrogens (tertiary/aromatic N) is 5. The second kappa shape index (κ2) is 10.2. The van der Waals surface area contributed by atoms with Gasteiger partial charge in [-0.1, -0.05) is 12.1 Å². The van der Waals surface area contributed by atoms with Crippen LogP contribution in [0.5, 0.6) is 0 Å². The molecule has 1 atom stereocenters. The van der Waals surface area contributed by atoms with Crippen molar-refractivity contribution in [1.29, 1.82) is 0 Å². The molecule has 1 N–H and O–H groups in total. The molecule has 180 valence electrons. The predicted molar refractivity (Wildman–Crippen MR) is 128 cm³/mol. The second-order valence-corrected chi connectivity index (χ2v) is 8.87. The van der Waals surface area contributed by atoms with Crippen molar-refractivity contribution in [3.05, 3.63) is 53.9 Å². The van der Waals surface area contributed by atoms with Gasteiger partial charge in [-0.2, -0.15) is 0 Å². The minimum atomic E-state index is -0.464. The Morgan fingerprint density at radius 3 is 2.44 bits per heavy atom. The molecule has 1 aromatic carbocycles. The number of morpholine rings is 1. The zero-order valence-electron chi connectivity index (χ0n) is 19.7. The molecule has 0 spiro atoms. The van der Waals surface area contributed by atoms with Gasteiger partial charge in [0.2, 0.25) is 5.95 Å². The summed E-state index contributed by atoms with van der Waals surface area (Å²) in [7, 11) is 0. The number of aryl methyl sites for hydroxylation is 1. The fourth-order valence-corrected chi connectivity index (χ4v) is 4.79. The molecule has 8 nitrogen and oxygen atoms in total. The molecule has 1 unspecified atom stereocenters. The average molecular weight is 467 g/mol. The zero-order valence-corrected chi connectivity index (χ0v) is 19.7. The van der Waals surface area contributed by atoms with Gasteiger partial charge in [0.25, 0.3) is 0 Å². The monoisotopic (exact) mass is 466 g/mol. The molecule has 4 heterocycles. The van der Waals surface area contributed by atoms with E-state index in [1.54, 1.807) is 6.20 Å². The van der Waals surface area contributed by atoms with Gasteiger partial charge in [-0.05, 0) is 44.4 Å². The van der Waals surface area contributed by atoms with Gasteiger partial charge in [0.15, 0.2) is 5.82 Å². The maximum atomic E-state index is 14.8. The first-order chi connectivity index (χ1) is 16.6. The Balaban J connectivity index is 1.35. The number of anilines is 2. The number of hydrogen-bond acceptors (Lipinski definition) is 7. The van der Waals surface area contributed by atoms with Crippen LogP contribution in [0.15, 0.2) is 36.7 Å². The topological polar surface area (TPSA) is 77.3 Å². The summed E-state index contributed by atoms with van der Waals surface area (Å²) < 4.78 is 27.9. The molecule has 2 aliphatic heterocycles. The maximum Gasteiger partial charge on any atom is 0.227 e. The Labute approximate surface area is 199 Å². The van der Waals surface area contributed by atoms with Crippen LogP contribution in [-0.2, 0) is 9.47 Å². The summed E-state index contributed by atoms with van der Waals surface area (Å²) in [5, 5.41) is 3.22. The van der Waals surface area contributed by atoms with Crippen LogP contribution in [0.4, 0.5) is 16.0 Å². The summed E-state index contributed by atoms with van der Waals surface area (Å²) >= 11 is 0. The second-order valence-electron chi connectivity index (χ2n) is 8.87. The molecule has 2 fully saturated rings. The Morgan fingerprint density at radius 2 is 1.71 bits per heavy atom. The van der Waals surface area contributed by atoms with Crippen molar-refractivity contribution in [2.24, 2.45) is 0 Å². The van der Waals surface area contributed by atoms with Crippen molar-refractivity contribution in [2.75, 3.05) is 44.8 Å². The minimum absolute atomic E-state index is 0.220. The van der Waals surface area contributed by atoms with Gasteiger partial charge < -0.3 is 19.4 Å². The third-order valence-electron chi connectivity index (χ3n) is 6.77. The molecule has 0 radical (unpaired) electrons. The Kier molecular flexibility index (Phi) is 6.85. The number of benzene rings is 1. The third kappa shape index (κ3) is 4.82. The fourth-order valence-electron chi connectivity index (χ4n) is 4.79. The largest absolute Gasteiger partial charge is 0.381 e. The molecule has 0 saturated carbocycles. The van der Waals surface area contributed by atoms with Crippen LogP contribution >= 0.6 is 0 Å². The Morgan fingerprint density at radius 1 is 1.00 bits per heavy atom. The molecule has 0 bridgehead atoms. The average Bonchev–Trinajstić information content (AvgIpc) is 3.27. The van der Waals surface area contributed by atoms with E-state index in [0.29, 0.717) is 30.9 Å². The van der Waals surface area contributed by atoms with Crippen LogP contribution in [0.2, 0.25) is 0 Å². The van der Waals surface area contributed by atoms with E-state index in [-0.39, 0.29) is 11.7 Å². The maximum absolute atomic E-state index is 14.8. The lowest BCUT2D eigenvalue weighted by Crippen LogP contribution is -2.37. The Bertz CT molecular complexity index is 1110. The van der Waals surface area contributed by atoms with Crippen LogP contribution in [0, 0.1) is 12.7 Å². The van der Waals surface area contributed by atoms with Gasteiger partial charge >= 0.3 is 0 Å². The summed E-state index contributed by atoms with van der Waals surface area (Å²) in [6.45, 7) is 8.99. The van der Waals surface area contributed by atoms with Gasteiger partial charge in [-0.15, -0.1) is 0 Å². The van der Waals surface area contributed by atoms with Crippen LogP contribution in [0.3, 0.4) is 0 Å². The quantitative estimate of drug-likeness (QED) is 0.581. The normalized spacial score (nSPS) is 18.7.